The summed E-state index contributed by atoms with van der Waals surface area (Å²) in [5.74, 6) is 0.812. The van der Waals surface area contributed by atoms with E-state index in [0.717, 1.165) is 5.56 Å². The fourth-order valence-electron chi connectivity index (χ4n) is 2.49. The monoisotopic (exact) mass is 311 g/mol. The van der Waals surface area contributed by atoms with E-state index >= 15 is 0 Å². The Hall–Kier alpha value is -1.56. The van der Waals surface area contributed by atoms with E-state index in [9.17, 15) is 18.3 Å². The van der Waals surface area contributed by atoms with Gasteiger partial charge in [0.15, 0.2) is 0 Å². The van der Waals surface area contributed by atoms with E-state index in [2.05, 4.69) is 5.32 Å². The smallest absolute Gasteiger partial charge is 0.220 e. The molecule has 0 atom stereocenters. The van der Waals surface area contributed by atoms with E-state index in [1.807, 2.05) is 12.1 Å². The van der Waals surface area contributed by atoms with Crippen molar-refractivity contribution in [2.75, 3.05) is 18.1 Å². The van der Waals surface area contributed by atoms with Crippen LogP contribution < -0.4 is 5.32 Å². The van der Waals surface area contributed by atoms with Crippen molar-refractivity contribution in [3.8, 4) is 5.75 Å². The van der Waals surface area contributed by atoms with Gasteiger partial charge in [-0.15, -0.1) is 0 Å². The van der Waals surface area contributed by atoms with Gasteiger partial charge in [-0.3, -0.25) is 4.79 Å². The summed E-state index contributed by atoms with van der Waals surface area (Å²) in [4.78, 5) is 11.8. The van der Waals surface area contributed by atoms with E-state index in [4.69, 9.17) is 0 Å². The Kier molecular flexibility index (Phi) is 5.22. The van der Waals surface area contributed by atoms with Crippen molar-refractivity contribution >= 4 is 15.7 Å². The fourth-order valence-corrected chi connectivity index (χ4v) is 4.08. The summed E-state index contributed by atoms with van der Waals surface area (Å²) < 4.78 is 22.6. The molecule has 21 heavy (non-hydrogen) atoms. The average Bonchev–Trinajstić information content (AvgIpc) is 2.43. The lowest BCUT2D eigenvalue weighted by atomic mass is 9.98. The predicted molar refractivity (Wildman–Crippen MR) is 80.8 cm³/mol. The van der Waals surface area contributed by atoms with E-state index in [1.54, 1.807) is 12.1 Å². The minimum absolute atomic E-state index is 0.0157. The Morgan fingerprint density at radius 1 is 1.19 bits per heavy atom. The van der Waals surface area contributed by atoms with Gasteiger partial charge in [-0.05, 0) is 42.9 Å². The maximum absolute atomic E-state index is 11.8. The molecular weight excluding hydrogens is 290 g/mol. The molecule has 1 saturated heterocycles. The lowest BCUT2D eigenvalue weighted by Crippen LogP contribution is -2.31. The first-order valence-corrected chi connectivity index (χ1v) is 9.02. The second kappa shape index (κ2) is 6.93. The number of nitrogens with one attached hydrogen (secondary N) is 1. The van der Waals surface area contributed by atoms with Crippen LogP contribution in [-0.4, -0.2) is 37.5 Å². The number of hydrogen-bond donors (Lipinski definition) is 2. The molecule has 2 rings (SSSR count). The Labute approximate surface area is 125 Å². The summed E-state index contributed by atoms with van der Waals surface area (Å²) >= 11 is 0. The number of phenols is 1. The molecular formula is C15H21NO4S. The Balaban J connectivity index is 1.67. The van der Waals surface area contributed by atoms with Crippen molar-refractivity contribution in [3.05, 3.63) is 29.8 Å². The molecule has 0 unspecified atom stereocenters. The van der Waals surface area contributed by atoms with Crippen molar-refractivity contribution in [1.82, 2.24) is 5.32 Å². The third kappa shape index (κ3) is 5.38. The van der Waals surface area contributed by atoms with Gasteiger partial charge in [0, 0.05) is 13.0 Å². The van der Waals surface area contributed by atoms with Crippen LogP contribution in [0.2, 0.25) is 0 Å². The molecule has 0 aliphatic carbocycles. The molecule has 2 N–H and O–H groups in total. The molecule has 0 spiro atoms. The maximum Gasteiger partial charge on any atom is 0.220 e. The molecule has 1 fully saturated rings. The Morgan fingerprint density at radius 3 is 2.43 bits per heavy atom. The standard InChI is InChI=1S/C15H21NO4S/c17-14-3-1-12(2-4-14)5-8-16-15(18)11-13-6-9-21(19,20)10-7-13/h1-4,13,17H,5-11H2,(H,16,18). The highest BCUT2D eigenvalue weighted by Crippen LogP contribution is 2.21. The molecule has 1 amide bonds. The van der Waals surface area contributed by atoms with Gasteiger partial charge >= 0.3 is 0 Å². The van der Waals surface area contributed by atoms with Crippen molar-refractivity contribution in [2.45, 2.75) is 25.7 Å². The molecule has 116 valence electrons. The number of amides is 1. The van der Waals surface area contributed by atoms with Gasteiger partial charge in [-0.1, -0.05) is 12.1 Å². The van der Waals surface area contributed by atoms with E-state index in [0.29, 0.717) is 32.2 Å². The van der Waals surface area contributed by atoms with E-state index < -0.39 is 9.84 Å². The zero-order chi connectivity index (χ0) is 15.3. The maximum atomic E-state index is 11.8. The summed E-state index contributed by atoms with van der Waals surface area (Å²) in [5.41, 5.74) is 1.05. The molecule has 5 nitrogen and oxygen atoms in total. The second-order valence-electron chi connectivity index (χ2n) is 5.57. The summed E-state index contributed by atoms with van der Waals surface area (Å²) in [6, 6.07) is 6.90. The number of carbonyl (C=O) groups is 1. The van der Waals surface area contributed by atoms with E-state index in [1.165, 1.54) is 0 Å². The van der Waals surface area contributed by atoms with Crippen LogP contribution in [0.25, 0.3) is 0 Å². The lowest BCUT2D eigenvalue weighted by molar-refractivity contribution is -0.122. The molecule has 0 bridgehead atoms. The molecule has 6 heteroatoms. The van der Waals surface area contributed by atoms with Crippen LogP contribution in [0.15, 0.2) is 24.3 Å². The van der Waals surface area contributed by atoms with Gasteiger partial charge < -0.3 is 10.4 Å². The van der Waals surface area contributed by atoms with Crippen LogP contribution in [0.5, 0.6) is 5.75 Å². The average molecular weight is 311 g/mol. The zero-order valence-corrected chi connectivity index (χ0v) is 12.7. The normalized spacial score (nSPS) is 18.3. The molecule has 1 heterocycles. The SMILES string of the molecule is O=C(CC1CCS(=O)(=O)CC1)NCCc1ccc(O)cc1. The molecule has 0 aromatic heterocycles. The third-order valence-corrected chi connectivity index (χ3v) is 5.54. The molecule has 1 aromatic rings. The third-order valence-electron chi connectivity index (χ3n) is 3.82. The number of hydrogen-bond acceptors (Lipinski definition) is 4. The van der Waals surface area contributed by atoms with Gasteiger partial charge in [0.2, 0.25) is 5.91 Å². The Morgan fingerprint density at radius 2 is 1.81 bits per heavy atom. The van der Waals surface area contributed by atoms with Crippen molar-refractivity contribution in [1.29, 1.82) is 0 Å². The number of benzene rings is 1. The van der Waals surface area contributed by atoms with Crippen LogP contribution in [-0.2, 0) is 21.1 Å². The largest absolute Gasteiger partial charge is 0.508 e. The number of carbonyl (C=O) groups excluding carboxylic acids is 1. The molecule has 1 aromatic carbocycles. The van der Waals surface area contributed by atoms with Crippen molar-refractivity contribution in [2.24, 2.45) is 5.92 Å². The molecule has 0 radical (unpaired) electrons. The number of phenolic OH excluding ortho intramolecular Hbond substituents is 1. The zero-order valence-electron chi connectivity index (χ0n) is 11.9. The highest BCUT2D eigenvalue weighted by atomic mass is 32.2. The number of rotatable bonds is 5. The van der Waals surface area contributed by atoms with E-state index in [-0.39, 0.29) is 29.1 Å². The summed E-state index contributed by atoms with van der Waals surface area (Å²) in [7, 11) is -2.86. The predicted octanol–water partition coefficient (Wildman–Crippen LogP) is 1.27. The van der Waals surface area contributed by atoms with Crippen LogP contribution in [0.1, 0.15) is 24.8 Å². The first-order chi connectivity index (χ1) is 9.94. The van der Waals surface area contributed by atoms with Crippen molar-refractivity contribution in [3.63, 3.8) is 0 Å². The summed E-state index contributed by atoms with van der Waals surface area (Å²) in [5, 5.41) is 12.0. The first kappa shape index (κ1) is 15.8. The van der Waals surface area contributed by atoms with Crippen LogP contribution >= 0.6 is 0 Å². The molecule has 1 aliphatic heterocycles. The lowest BCUT2D eigenvalue weighted by Gasteiger charge is -2.21. The minimum atomic E-state index is -2.86. The summed E-state index contributed by atoms with van der Waals surface area (Å²) in [6.07, 6.45) is 2.30. The molecule has 1 aliphatic rings. The van der Waals surface area contributed by atoms with Gasteiger partial charge in [-0.25, -0.2) is 8.42 Å². The number of sulfone groups is 1. The minimum Gasteiger partial charge on any atom is -0.508 e. The van der Waals surface area contributed by atoms with Gasteiger partial charge in [0.05, 0.1) is 11.5 Å². The fraction of sp³-hybridized carbons (Fsp3) is 0.533. The van der Waals surface area contributed by atoms with Crippen LogP contribution in [0.4, 0.5) is 0 Å². The summed E-state index contributed by atoms with van der Waals surface area (Å²) in [6.45, 7) is 0.550. The Bertz CT molecular complexity index is 566. The molecule has 0 saturated carbocycles. The quantitative estimate of drug-likeness (QED) is 0.857. The van der Waals surface area contributed by atoms with Crippen LogP contribution in [0, 0.1) is 5.92 Å². The second-order valence-corrected chi connectivity index (χ2v) is 7.87. The topological polar surface area (TPSA) is 83.5 Å². The van der Waals surface area contributed by atoms with Gasteiger partial charge in [0.25, 0.3) is 0 Å². The highest BCUT2D eigenvalue weighted by Gasteiger charge is 2.24. The highest BCUT2D eigenvalue weighted by molar-refractivity contribution is 7.91. The van der Waals surface area contributed by atoms with Crippen molar-refractivity contribution < 1.29 is 18.3 Å². The number of aromatic hydroxyl groups is 1. The van der Waals surface area contributed by atoms with Crippen LogP contribution in [0.3, 0.4) is 0 Å². The van der Waals surface area contributed by atoms with Gasteiger partial charge in [0.1, 0.15) is 15.6 Å². The first-order valence-electron chi connectivity index (χ1n) is 7.20. The van der Waals surface area contributed by atoms with Gasteiger partial charge in [-0.2, -0.15) is 0 Å².